The van der Waals surface area contributed by atoms with Crippen LogP contribution in [0, 0.1) is 6.92 Å². The van der Waals surface area contributed by atoms with Crippen LogP contribution in [-0.2, 0) is 11.3 Å². The van der Waals surface area contributed by atoms with Gasteiger partial charge in [0, 0.05) is 13.5 Å². The van der Waals surface area contributed by atoms with Crippen LogP contribution in [0.1, 0.15) is 11.1 Å². The maximum Gasteiger partial charge on any atom is 0.345 e. The molecular weight excluding hydrogens is 292 g/mol. The minimum absolute atomic E-state index is 0.357. The number of hydrogen-bond acceptors (Lipinski definition) is 3. The van der Waals surface area contributed by atoms with Gasteiger partial charge in [0.15, 0.2) is 0 Å². The summed E-state index contributed by atoms with van der Waals surface area (Å²) in [6, 6.07) is 15.4. The van der Waals surface area contributed by atoms with Crippen molar-refractivity contribution in [1.29, 1.82) is 0 Å². The SMILES string of the molecule is CON(C)C(=O)Nc1ccc(C)cc1OCCc1ccccc1. The highest BCUT2D eigenvalue weighted by Crippen LogP contribution is 2.26. The molecule has 5 heteroatoms. The standard InChI is InChI=1S/C18H22N2O3/c1-14-9-10-16(19-18(21)20(2)22-3)17(13-14)23-12-11-15-7-5-4-6-8-15/h4-10,13H,11-12H2,1-3H3,(H,19,21). The summed E-state index contributed by atoms with van der Waals surface area (Å²) < 4.78 is 5.86. The third-order valence-electron chi connectivity index (χ3n) is 3.43. The smallest absolute Gasteiger partial charge is 0.345 e. The molecule has 5 nitrogen and oxygen atoms in total. The molecule has 2 rings (SSSR count). The van der Waals surface area contributed by atoms with Gasteiger partial charge in [0.2, 0.25) is 0 Å². The zero-order valence-electron chi connectivity index (χ0n) is 13.7. The maximum atomic E-state index is 11.9. The van der Waals surface area contributed by atoms with Crippen molar-refractivity contribution in [2.24, 2.45) is 0 Å². The molecule has 0 radical (unpaired) electrons. The van der Waals surface area contributed by atoms with Gasteiger partial charge in [-0.1, -0.05) is 36.4 Å². The Kier molecular flexibility index (Phi) is 6.00. The quantitative estimate of drug-likeness (QED) is 0.828. The Morgan fingerprint density at radius 1 is 1.17 bits per heavy atom. The first-order valence-corrected chi connectivity index (χ1v) is 7.46. The number of benzene rings is 2. The monoisotopic (exact) mass is 314 g/mol. The number of ether oxygens (including phenoxy) is 1. The fourth-order valence-electron chi connectivity index (χ4n) is 2.05. The fraction of sp³-hybridized carbons (Fsp3) is 0.278. The first kappa shape index (κ1) is 16.8. The van der Waals surface area contributed by atoms with E-state index in [0.717, 1.165) is 17.0 Å². The molecule has 1 N–H and O–H groups in total. The lowest BCUT2D eigenvalue weighted by molar-refractivity contribution is -0.0598. The summed E-state index contributed by atoms with van der Waals surface area (Å²) in [6.07, 6.45) is 0.806. The van der Waals surface area contributed by atoms with E-state index >= 15 is 0 Å². The first-order valence-electron chi connectivity index (χ1n) is 7.46. The van der Waals surface area contributed by atoms with Gasteiger partial charge in [-0.2, -0.15) is 0 Å². The molecule has 2 amide bonds. The summed E-state index contributed by atoms with van der Waals surface area (Å²) >= 11 is 0. The summed E-state index contributed by atoms with van der Waals surface area (Å²) in [5.74, 6) is 0.652. The number of nitrogens with zero attached hydrogens (tertiary/aromatic N) is 1. The van der Waals surface area contributed by atoms with Crippen molar-refractivity contribution in [2.75, 3.05) is 26.1 Å². The second kappa shape index (κ2) is 8.19. The van der Waals surface area contributed by atoms with Crippen molar-refractivity contribution in [3.8, 4) is 5.75 Å². The van der Waals surface area contributed by atoms with Crippen molar-refractivity contribution < 1.29 is 14.4 Å². The summed E-state index contributed by atoms with van der Waals surface area (Å²) in [6.45, 7) is 2.52. The zero-order chi connectivity index (χ0) is 16.7. The van der Waals surface area contributed by atoms with Gasteiger partial charge >= 0.3 is 6.03 Å². The van der Waals surface area contributed by atoms with E-state index in [-0.39, 0.29) is 6.03 Å². The van der Waals surface area contributed by atoms with E-state index < -0.39 is 0 Å². The molecule has 0 bridgehead atoms. The van der Waals surface area contributed by atoms with Gasteiger partial charge in [-0.15, -0.1) is 0 Å². The molecule has 0 spiro atoms. The van der Waals surface area contributed by atoms with Crippen LogP contribution in [0.15, 0.2) is 48.5 Å². The largest absolute Gasteiger partial charge is 0.491 e. The molecule has 23 heavy (non-hydrogen) atoms. The highest BCUT2D eigenvalue weighted by atomic mass is 16.7. The van der Waals surface area contributed by atoms with E-state index in [2.05, 4.69) is 17.4 Å². The number of hydroxylamine groups is 2. The number of rotatable bonds is 6. The Labute approximate surface area is 136 Å². The normalized spacial score (nSPS) is 10.2. The second-order valence-electron chi connectivity index (χ2n) is 5.19. The number of aryl methyl sites for hydroxylation is 1. The van der Waals surface area contributed by atoms with Crippen molar-refractivity contribution in [1.82, 2.24) is 5.06 Å². The van der Waals surface area contributed by atoms with Crippen molar-refractivity contribution >= 4 is 11.7 Å². The van der Waals surface area contributed by atoms with Gasteiger partial charge in [0.25, 0.3) is 0 Å². The number of carbonyl (C=O) groups excluding carboxylic acids is 1. The Balaban J connectivity index is 2.02. The molecule has 2 aromatic carbocycles. The van der Waals surface area contributed by atoms with Crippen LogP contribution < -0.4 is 10.1 Å². The number of carbonyl (C=O) groups is 1. The van der Waals surface area contributed by atoms with Crippen LogP contribution in [0.25, 0.3) is 0 Å². The van der Waals surface area contributed by atoms with E-state index in [1.165, 1.54) is 12.7 Å². The Bertz CT molecular complexity index is 644. The van der Waals surface area contributed by atoms with Crippen LogP contribution in [0.5, 0.6) is 5.75 Å². The Morgan fingerprint density at radius 2 is 1.91 bits per heavy atom. The molecule has 0 fully saturated rings. The third kappa shape index (κ3) is 5.00. The minimum atomic E-state index is -0.357. The molecule has 0 atom stereocenters. The van der Waals surface area contributed by atoms with E-state index in [0.29, 0.717) is 18.0 Å². The number of hydrogen-bond donors (Lipinski definition) is 1. The average Bonchev–Trinajstić information content (AvgIpc) is 2.57. The van der Waals surface area contributed by atoms with Crippen molar-refractivity contribution in [3.63, 3.8) is 0 Å². The van der Waals surface area contributed by atoms with Gasteiger partial charge in [-0.25, -0.2) is 9.86 Å². The highest BCUT2D eigenvalue weighted by molar-refractivity contribution is 5.90. The lowest BCUT2D eigenvalue weighted by Crippen LogP contribution is -2.30. The van der Waals surface area contributed by atoms with Crippen LogP contribution in [0.2, 0.25) is 0 Å². The molecule has 0 aliphatic heterocycles. The number of urea groups is 1. The second-order valence-corrected chi connectivity index (χ2v) is 5.19. The summed E-state index contributed by atoms with van der Waals surface area (Å²) in [5, 5.41) is 3.89. The average molecular weight is 314 g/mol. The Hall–Kier alpha value is -2.53. The lowest BCUT2D eigenvalue weighted by Gasteiger charge is -2.17. The molecule has 0 heterocycles. The topological polar surface area (TPSA) is 50.8 Å². The maximum absolute atomic E-state index is 11.9. The fourth-order valence-corrected chi connectivity index (χ4v) is 2.05. The summed E-state index contributed by atoms with van der Waals surface area (Å²) in [5.41, 5.74) is 2.90. The van der Waals surface area contributed by atoms with Gasteiger partial charge in [0.1, 0.15) is 5.75 Å². The molecular formula is C18H22N2O3. The molecule has 0 aliphatic carbocycles. The van der Waals surface area contributed by atoms with E-state index in [1.54, 1.807) is 7.05 Å². The summed E-state index contributed by atoms with van der Waals surface area (Å²) in [4.78, 5) is 16.8. The minimum Gasteiger partial charge on any atom is -0.491 e. The number of amides is 2. The molecule has 0 aromatic heterocycles. The van der Waals surface area contributed by atoms with Crippen LogP contribution >= 0.6 is 0 Å². The van der Waals surface area contributed by atoms with E-state index in [9.17, 15) is 4.79 Å². The Morgan fingerprint density at radius 3 is 2.61 bits per heavy atom. The lowest BCUT2D eigenvalue weighted by atomic mass is 10.2. The van der Waals surface area contributed by atoms with Crippen LogP contribution in [0.3, 0.4) is 0 Å². The molecule has 2 aromatic rings. The summed E-state index contributed by atoms with van der Waals surface area (Å²) in [7, 11) is 2.98. The van der Waals surface area contributed by atoms with Crippen molar-refractivity contribution in [2.45, 2.75) is 13.3 Å². The van der Waals surface area contributed by atoms with Crippen molar-refractivity contribution in [3.05, 3.63) is 59.7 Å². The zero-order valence-corrected chi connectivity index (χ0v) is 13.7. The first-order chi connectivity index (χ1) is 11.1. The van der Waals surface area contributed by atoms with Gasteiger partial charge in [0.05, 0.1) is 19.4 Å². The van der Waals surface area contributed by atoms with Crippen LogP contribution in [-0.4, -0.2) is 31.9 Å². The number of nitrogens with one attached hydrogen (secondary N) is 1. The predicted molar refractivity (Wildman–Crippen MR) is 90.6 cm³/mol. The molecule has 0 saturated heterocycles. The van der Waals surface area contributed by atoms with Gasteiger partial charge < -0.3 is 10.1 Å². The third-order valence-corrected chi connectivity index (χ3v) is 3.43. The van der Waals surface area contributed by atoms with E-state index in [1.807, 2.05) is 43.3 Å². The highest BCUT2D eigenvalue weighted by Gasteiger charge is 2.12. The van der Waals surface area contributed by atoms with Gasteiger partial charge in [-0.05, 0) is 30.2 Å². The van der Waals surface area contributed by atoms with E-state index in [4.69, 9.17) is 9.57 Å². The molecule has 0 aliphatic rings. The molecule has 0 saturated carbocycles. The van der Waals surface area contributed by atoms with Gasteiger partial charge in [-0.3, -0.25) is 4.84 Å². The molecule has 122 valence electrons. The molecule has 0 unspecified atom stereocenters. The predicted octanol–water partition coefficient (Wildman–Crippen LogP) is 3.64. The number of anilines is 1. The van der Waals surface area contributed by atoms with Crippen LogP contribution in [0.4, 0.5) is 10.5 Å².